The molecule has 0 radical (unpaired) electrons. The van der Waals surface area contributed by atoms with Gasteiger partial charge in [0.05, 0.1) is 24.7 Å². The van der Waals surface area contributed by atoms with Crippen LogP contribution in [-0.4, -0.2) is 29.9 Å². The number of aromatic nitrogens is 2. The first-order valence-electron chi connectivity index (χ1n) is 6.88. The average molecular weight is 273 g/mol. The zero-order valence-corrected chi connectivity index (χ0v) is 11.8. The number of rotatable bonds is 3. The lowest BCUT2D eigenvalue weighted by Gasteiger charge is -2.21. The third-order valence-electron chi connectivity index (χ3n) is 3.71. The fourth-order valence-electron chi connectivity index (χ4n) is 2.34. The Labute approximate surface area is 118 Å². The van der Waals surface area contributed by atoms with Crippen molar-refractivity contribution < 1.29 is 9.26 Å². The number of morpholine rings is 1. The van der Waals surface area contributed by atoms with Crippen LogP contribution in [0.2, 0.25) is 0 Å². The fourth-order valence-corrected chi connectivity index (χ4v) is 2.34. The van der Waals surface area contributed by atoms with Crippen LogP contribution in [0.25, 0.3) is 0 Å². The smallest absolute Gasteiger partial charge is 0.236 e. The summed E-state index contributed by atoms with van der Waals surface area (Å²) in [4.78, 5) is 4.56. The molecule has 1 saturated heterocycles. The molecule has 5 heteroatoms. The number of nitrogens with one attached hydrogen (secondary N) is 1. The van der Waals surface area contributed by atoms with E-state index in [1.165, 1.54) is 0 Å². The molecular weight excluding hydrogens is 254 g/mol. The molecule has 0 bridgehead atoms. The first kappa shape index (κ1) is 13.3. The van der Waals surface area contributed by atoms with Crippen molar-refractivity contribution in [2.24, 2.45) is 0 Å². The molecule has 0 aliphatic carbocycles. The maximum absolute atomic E-state index is 5.48. The van der Waals surface area contributed by atoms with Crippen molar-refractivity contribution in [3.8, 4) is 0 Å². The first-order valence-corrected chi connectivity index (χ1v) is 6.88. The SMILES string of the molecule is CC(C)(c1ccccc1)c1nc([C@@H]2COCCN2)no1. The summed E-state index contributed by atoms with van der Waals surface area (Å²) in [6.45, 7) is 6.31. The normalized spacial score (nSPS) is 20.0. The highest BCUT2D eigenvalue weighted by molar-refractivity contribution is 5.29. The third kappa shape index (κ3) is 2.46. The van der Waals surface area contributed by atoms with Crippen molar-refractivity contribution >= 4 is 0 Å². The van der Waals surface area contributed by atoms with Gasteiger partial charge in [0.25, 0.3) is 0 Å². The van der Waals surface area contributed by atoms with Gasteiger partial charge in [0.1, 0.15) is 0 Å². The van der Waals surface area contributed by atoms with Gasteiger partial charge < -0.3 is 14.6 Å². The standard InChI is InChI=1S/C15H19N3O2/c1-15(2,11-6-4-3-5-7-11)14-17-13(18-20-14)12-10-19-9-8-16-12/h3-7,12,16H,8-10H2,1-2H3/t12-/m0/s1. The van der Waals surface area contributed by atoms with E-state index in [0.717, 1.165) is 18.7 Å². The van der Waals surface area contributed by atoms with Gasteiger partial charge >= 0.3 is 0 Å². The van der Waals surface area contributed by atoms with E-state index in [-0.39, 0.29) is 11.5 Å². The molecule has 0 spiro atoms. The highest BCUT2D eigenvalue weighted by Gasteiger charge is 2.31. The summed E-state index contributed by atoms with van der Waals surface area (Å²) in [5.74, 6) is 1.30. The quantitative estimate of drug-likeness (QED) is 0.927. The summed E-state index contributed by atoms with van der Waals surface area (Å²) in [7, 11) is 0. The van der Waals surface area contributed by atoms with E-state index in [9.17, 15) is 0 Å². The van der Waals surface area contributed by atoms with E-state index in [0.29, 0.717) is 18.3 Å². The van der Waals surface area contributed by atoms with Crippen molar-refractivity contribution in [3.05, 3.63) is 47.6 Å². The molecule has 1 N–H and O–H groups in total. The van der Waals surface area contributed by atoms with Crippen LogP contribution in [0.5, 0.6) is 0 Å². The summed E-state index contributed by atoms with van der Waals surface area (Å²) in [6.07, 6.45) is 0. The largest absolute Gasteiger partial charge is 0.378 e. The van der Waals surface area contributed by atoms with E-state index in [1.54, 1.807) is 0 Å². The Hall–Kier alpha value is -1.72. The number of hydrogen-bond acceptors (Lipinski definition) is 5. The van der Waals surface area contributed by atoms with Crippen molar-refractivity contribution in [1.82, 2.24) is 15.5 Å². The monoisotopic (exact) mass is 273 g/mol. The van der Waals surface area contributed by atoms with Crippen LogP contribution >= 0.6 is 0 Å². The molecular formula is C15H19N3O2. The van der Waals surface area contributed by atoms with E-state index in [2.05, 4.69) is 41.4 Å². The van der Waals surface area contributed by atoms with Crippen molar-refractivity contribution in [2.45, 2.75) is 25.3 Å². The predicted octanol–water partition coefficient (Wildman–Crippen LogP) is 2.06. The minimum atomic E-state index is -0.304. The van der Waals surface area contributed by atoms with E-state index in [1.807, 2.05) is 18.2 Å². The topological polar surface area (TPSA) is 60.2 Å². The number of hydrogen-bond donors (Lipinski definition) is 1. The maximum atomic E-state index is 5.48. The second-order valence-corrected chi connectivity index (χ2v) is 5.53. The van der Waals surface area contributed by atoms with Crippen LogP contribution in [0.1, 0.15) is 37.2 Å². The van der Waals surface area contributed by atoms with Gasteiger partial charge in [0.15, 0.2) is 5.82 Å². The Morgan fingerprint density at radius 2 is 2.05 bits per heavy atom. The molecule has 1 atom stereocenters. The Balaban J connectivity index is 1.85. The molecule has 0 amide bonds. The zero-order chi connectivity index (χ0) is 14.0. The van der Waals surface area contributed by atoms with E-state index in [4.69, 9.17) is 9.26 Å². The molecule has 3 rings (SSSR count). The van der Waals surface area contributed by atoms with Crippen LogP contribution in [0.15, 0.2) is 34.9 Å². The molecule has 1 aromatic heterocycles. The molecule has 20 heavy (non-hydrogen) atoms. The lowest BCUT2D eigenvalue weighted by Crippen LogP contribution is -2.35. The summed E-state index contributed by atoms with van der Waals surface area (Å²) in [5, 5.41) is 7.43. The average Bonchev–Trinajstić information content (AvgIpc) is 3.00. The highest BCUT2D eigenvalue weighted by Crippen LogP contribution is 2.30. The minimum Gasteiger partial charge on any atom is -0.378 e. The van der Waals surface area contributed by atoms with Crippen LogP contribution in [0.4, 0.5) is 0 Å². The van der Waals surface area contributed by atoms with E-state index < -0.39 is 0 Å². The van der Waals surface area contributed by atoms with E-state index >= 15 is 0 Å². The Morgan fingerprint density at radius 1 is 1.25 bits per heavy atom. The van der Waals surface area contributed by atoms with Crippen LogP contribution < -0.4 is 5.32 Å². The molecule has 1 aromatic carbocycles. The van der Waals surface area contributed by atoms with Crippen molar-refractivity contribution in [2.75, 3.05) is 19.8 Å². The van der Waals surface area contributed by atoms with Gasteiger partial charge in [0, 0.05) is 6.54 Å². The molecule has 5 nitrogen and oxygen atoms in total. The van der Waals surface area contributed by atoms with Crippen molar-refractivity contribution in [1.29, 1.82) is 0 Å². The molecule has 2 heterocycles. The minimum absolute atomic E-state index is 0.0211. The summed E-state index contributed by atoms with van der Waals surface area (Å²) >= 11 is 0. The maximum Gasteiger partial charge on any atom is 0.236 e. The zero-order valence-electron chi connectivity index (χ0n) is 11.8. The predicted molar refractivity (Wildman–Crippen MR) is 74.4 cm³/mol. The van der Waals surface area contributed by atoms with Gasteiger partial charge in [0.2, 0.25) is 5.89 Å². The second kappa shape index (κ2) is 5.34. The Morgan fingerprint density at radius 3 is 2.75 bits per heavy atom. The lowest BCUT2D eigenvalue weighted by molar-refractivity contribution is 0.0734. The van der Waals surface area contributed by atoms with Crippen LogP contribution in [-0.2, 0) is 10.2 Å². The van der Waals surface area contributed by atoms with Gasteiger partial charge in [-0.2, -0.15) is 4.98 Å². The molecule has 0 saturated carbocycles. The summed E-state index contributed by atoms with van der Waals surface area (Å²) < 4.78 is 10.9. The molecule has 1 fully saturated rings. The van der Waals surface area contributed by atoms with Gasteiger partial charge in [-0.3, -0.25) is 0 Å². The van der Waals surface area contributed by atoms with Gasteiger partial charge in [-0.25, -0.2) is 0 Å². The highest BCUT2D eigenvalue weighted by atomic mass is 16.5. The van der Waals surface area contributed by atoms with Crippen LogP contribution in [0.3, 0.4) is 0 Å². The van der Waals surface area contributed by atoms with Crippen LogP contribution in [0, 0.1) is 0 Å². The fraction of sp³-hybridized carbons (Fsp3) is 0.467. The second-order valence-electron chi connectivity index (χ2n) is 5.53. The molecule has 1 aliphatic heterocycles. The van der Waals surface area contributed by atoms with Gasteiger partial charge in [-0.1, -0.05) is 35.5 Å². The number of ether oxygens (including phenoxy) is 1. The third-order valence-corrected chi connectivity index (χ3v) is 3.71. The molecule has 2 aromatic rings. The summed E-state index contributed by atoms with van der Waals surface area (Å²) in [6, 6.07) is 10.2. The lowest BCUT2D eigenvalue weighted by atomic mass is 9.84. The Bertz CT molecular complexity index is 560. The van der Waals surface area contributed by atoms with Gasteiger partial charge in [-0.15, -0.1) is 0 Å². The molecule has 0 unspecified atom stereocenters. The summed E-state index contributed by atoms with van der Waals surface area (Å²) in [5.41, 5.74) is 0.852. The van der Waals surface area contributed by atoms with Gasteiger partial charge in [-0.05, 0) is 19.4 Å². The van der Waals surface area contributed by atoms with Crippen molar-refractivity contribution in [3.63, 3.8) is 0 Å². The number of nitrogens with zero attached hydrogens (tertiary/aromatic N) is 2. The molecule has 1 aliphatic rings. The first-order chi connectivity index (χ1) is 9.68. The number of benzene rings is 1. The molecule has 106 valence electrons. The Kier molecular flexibility index (Phi) is 3.54.